The molecule has 0 saturated heterocycles. The summed E-state index contributed by atoms with van der Waals surface area (Å²) in [6, 6.07) is 10.7. The van der Waals surface area contributed by atoms with Gasteiger partial charge >= 0.3 is 0 Å². The Morgan fingerprint density at radius 3 is 2.69 bits per heavy atom. The lowest BCUT2D eigenvalue weighted by Crippen LogP contribution is -2.62. The number of fused-ring (bicyclic) bond motifs is 1. The molecule has 0 unspecified atom stereocenters. The standard InChI is InChI=1S/C19H21N3O4/c1-4-22-16-15(6-5-11-20-16)26-19(2,18(22)24)17(23)21-12-13-7-9-14(25-3)10-8-13/h5-11H,4,12H2,1-3H3,(H,21,23)/t19-/m0/s1. The van der Waals surface area contributed by atoms with Crippen LogP contribution in [0.5, 0.6) is 11.5 Å². The van der Waals surface area contributed by atoms with Crippen molar-refractivity contribution in [1.29, 1.82) is 0 Å². The first-order valence-corrected chi connectivity index (χ1v) is 8.37. The zero-order valence-electron chi connectivity index (χ0n) is 15.0. The van der Waals surface area contributed by atoms with Gasteiger partial charge in [-0.2, -0.15) is 0 Å². The van der Waals surface area contributed by atoms with E-state index >= 15 is 0 Å². The number of ether oxygens (including phenoxy) is 2. The minimum absolute atomic E-state index is 0.279. The van der Waals surface area contributed by atoms with Gasteiger partial charge in [-0.15, -0.1) is 0 Å². The van der Waals surface area contributed by atoms with E-state index in [4.69, 9.17) is 9.47 Å². The van der Waals surface area contributed by atoms with Gasteiger partial charge in [-0.1, -0.05) is 12.1 Å². The van der Waals surface area contributed by atoms with Crippen LogP contribution in [0, 0.1) is 0 Å². The number of aromatic nitrogens is 1. The summed E-state index contributed by atoms with van der Waals surface area (Å²) in [5, 5.41) is 2.78. The number of pyridine rings is 1. The van der Waals surface area contributed by atoms with Gasteiger partial charge in [-0.25, -0.2) is 4.98 Å². The highest BCUT2D eigenvalue weighted by molar-refractivity contribution is 6.16. The topological polar surface area (TPSA) is 80.8 Å². The van der Waals surface area contributed by atoms with Gasteiger partial charge in [0.2, 0.25) is 0 Å². The summed E-state index contributed by atoms with van der Waals surface area (Å²) in [6.45, 7) is 3.99. The molecule has 2 amide bonds. The van der Waals surface area contributed by atoms with Crippen LogP contribution in [0.25, 0.3) is 0 Å². The lowest BCUT2D eigenvalue weighted by Gasteiger charge is -2.38. The van der Waals surface area contributed by atoms with Crippen molar-refractivity contribution in [3.05, 3.63) is 48.2 Å². The van der Waals surface area contributed by atoms with Gasteiger partial charge in [0.25, 0.3) is 17.4 Å². The van der Waals surface area contributed by atoms with Gasteiger partial charge in [0.1, 0.15) is 5.75 Å². The van der Waals surface area contributed by atoms with Gasteiger partial charge in [-0.3, -0.25) is 14.5 Å². The minimum atomic E-state index is -1.64. The first-order valence-electron chi connectivity index (χ1n) is 8.37. The van der Waals surface area contributed by atoms with Gasteiger partial charge in [0.05, 0.1) is 7.11 Å². The normalized spacial score (nSPS) is 18.7. The number of likely N-dealkylation sites (N-methyl/N-ethyl adjacent to an activating group) is 1. The maximum atomic E-state index is 12.9. The number of benzene rings is 1. The number of amides is 2. The Labute approximate surface area is 151 Å². The smallest absolute Gasteiger partial charge is 0.282 e. The number of carbonyl (C=O) groups excluding carboxylic acids is 2. The van der Waals surface area contributed by atoms with Crippen LogP contribution in [0.15, 0.2) is 42.6 Å². The summed E-state index contributed by atoms with van der Waals surface area (Å²) in [6.07, 6.45) is 1.59. The van der Waals surface area contributed by atoms with Crippen LogP contribution in [-0.4, -0.2) is 36.1 Å². The van der Waals surface area contributed by atoms with Crippen LogP contribution in [0.1, 0.15) is 19.4 Å². The Bertz CT molecular complexity index is 822. The van der Waals surface area contributed by atoms with E-state index in [0.717, 1.165) is 11.3 Å². The molecule has 2 heterocycles. The van der Waals surface area contributed by atoms with Crippen molar-refractivity contribution >= 4 is 17.6 Å². The number of nitrogens with zero attached hydrogens (tertiary/aromatic N) is 2. The molecule has 1 aliphatic heterocycles. The number of hydrogen-bond acceptors (Lipinski definition) is 5. The number of nitrogens with one attached hydrogen (secondary N) is 1. The molecule has 7 heteroatoms. The predicted octanol–water partition coefficient (Wildman–Crippen LogP) is 1.91. The molecule has 1 atom stereocenters. The first-order chi connectivity index (χ1) is 12.5. The minimum Gasteiger partial charge on any atom is -0.497 e. The zero-order chi connectivity index (χ0) is 18.7. The predicted molar refractivity (Wildman–Crippen MR) is 96.1 cm³/mol. The highest BCUT2D eigenvalue weighted by atomic mass is 16.5. The molecular weight excluding hydrogens is 334 g/mol. The zero-order valence-corrected chi connectivity index (χ0v) is 15.0. The molecule has 136 valence electrons. The van der Waals surface area contributed by atoms with E-state index in [-0.39, 0.29) is 6.54 Å². The molecule has 0 radical (unpaired) electrons. The van der Waals surface area contributed by atoms with Gasteiger partial charge in [0, 0.05) is 19.3 Å². The van der Waals surface area contributed by atoms with Crippen LogP contribution < -0.4 is 19.7 Å². The number of anilines is 1. The molecule has 3 rings (SSSR count). The fourth-order valence-electron chi connectivity index (χ4n) is 2.81. The van der Waals surface area contributed by atoms with Crippen molar-refractivity contribution in [2.75, 3.05) is 18.6 Å². The average molecular weight is 355 g/mol. The summed E-state index contributed by atoms with van der Waals surface area (Å²) < 4.78 is 10.9. The van der Waals surface area contributed by atoms with Crippen molar-refractivity contribution in [3.8, 4) is 11.5 Å². The highest BCUT2D eigenvalue weighted by Crippen LogP contribution is 2.35. The Morgan fingerprint density at radius 2 is 2.04 bits per heavy atom. The molecule has 1 aliphatic rings. The van der Waals surface area contributed by atoms with Crippen molar-refractivity contribution < 1.29 is 19.1 Å². The summed E-state index contributed by atoms with van der Waals surface area (Å²) >= 11 is 0. The molecule has 0 fully saturated rings. The molecule has 0 bridgehead atoms. The van der Waals surface area contributed by atoms with Crippen molar-refractivity contribution in [1.82, 2.24) is 10.3 Å². The lowest BCUT2D eigenvalue weighted by atomic mass is 10.0. The second-order valence-corrected chi connectivity index (χ2v) is 6.04. The van der Waals surface area contributed by atoms with E-state index in [2.05, 4.69) is 10.3 Å². The van der Waals surface area contributed by atoms with E-state index in [1.54, 1.807) is 25.4 Å². The van der Waals surface area contributed by atoms with E-state index in [1.807, 2.05) is 31.2 Å². The van der Waals surface area contributed by atoms with Crippen LogP contribution in [0.3, 0.4) is 0 Å². The fraction of sp³-hybridized carbons (Fsp3) is 0.316. The molecule has 0 spiro atoms. The third-order valence-electron chi connectivity index (χ3n) is 4.34. The van der Waals surface area contributed by atoms with E-state index in [0.29, 0.717) is 18.1 Å². The van der Waals surface area contributed by atoms with Crippen molar-refractivity contribution in [2.24, 2.45) is 0 Å². The molecule has 1 aromatic heterocycles. The quantitative estimate of drug-likeness (QED) is 0.829. The molecule has 1 N–H and O–H groups in total. The molecule has 0 saturated carbocycles. The molecular formula is C19H21N3O4. The Balaban J connectivity index is 1.78. The van der Waals surface area contributed by atoms with Gasteiger partial charge in [0.15, 0.2) is 11.6 Å². The molecule has 7 nitrogen and oxygen atoms in total. The highest BCUT2D eigenvalue weighted by Gasteiger charge is 2.50. The number of rotatable bonds is 5. The largest absolute Gasteiger partial charge is 0.497 e. The van der Waals surface area contributed by atoms with Crippen LogP contribution in [-0.2, 0) is 16.1 Å². The maximum absolute atomic E-state index is 12.9. The summed E-state index contributed by atoms with van der Waals surface area (Å²) in [7, 11) is 1.59. The second-order valence-electron chi connectivity index (χ2n) is 6.04. The first kappa shape index (κ1) is 17.7. The second kappa shape index (κ2) is 7.03. The lowest BCUT2D eigenvalue weighted by molar-refractivity contribution is -0.148. The third kappa shape index (κ3) is 3.08. The Kier molecular flexibility index (Phi) is 4.79. The van der Waals surface area contributed by atoms with E-state index < -0.39 is 17.4 Å². The van der Waals surface area contributed by atoms with E-state index in [9.17, 15) is 9.59 Å². The third-order valence-corrected chi connectivity index (χ3v) is 4.34. The SMILES string of the molecule is CCN1C(=O)[C@](C)(C(=O)NCc2ccc(OC)cc2)Oc2cccnc21. The Hall–Kier alpha value is -3.09. The monoisotopic (exact) mass is 355 g/mol. The molecule has 2 aromatic rings. The number of hydrogen-bond donors (Lipinski definition) is 1. The van der Waals surface area contributed by atoms with Crippen molar-refractivity contribution in [3.63, 3.8) is 0 Å². The van der Waals surface area contributed by atoms with Crippen molar-refractivity contribution in [2.45, 2.75) is 26.0 Å². The summed E-state index contributed by atoms with van der Waals surface area (Å²) in [5.74, 6) is 0.654. The number of carbonyl (C=O) groups is 2. The fourth-order valence-corrected chi connectivity index (χ4v) is 2.81. The number of methoxy groups -OCH3 is 1. The molecule has 1 aromatic carbocycles. The van der Waals surface area contributed by atoms with Gasteiger partial charge < -0.3 is 14.8 Å². The van der Waals surface area contributed by atoms with Crippen LogP contribution in [0.4, 0.5) is 5.82 Å². The summed E-state index contributed by atoms with van der Waals surface area (Å²) in [5.41, 5.74) is -0.751. The van der Waals surface area contributed by atoms with Gasteiger partial charge in [-0.05, 0) is 43.7 Å². The Morgan fingerprint density at radius 1 is 1.31 bits per heavy atom. The average Bonchev–Trinajstić information content (AvgIpc) is 2.67. The molecule has 26 heavy (non-hydrogen) atoms. The van der Waals surface area contributed by atoms with Crippen LogP contribution in [0.2, 0.25) is 0 Å². The maximum Gasteiger partial charge on any atom is 0.282 e. The van der Waals surface area contributed by atoms with Crippen LogP contribution >= 0.6 is 0 Å². The summed E-state index contributed by atoms with van der Waals surface area (Å²) in [4.78, 5) is 31.3. The molecule has 0 aliphatic carbocycles. The van der Waals surface area contributed by atoms with E-state index in [1.165, 1.54) is 11.8 Å².